The average molecular weight is 638 g/mol. The van der Waals surface area contributed by atoms with Gasteiger partial charge in [-0.15, -0.1) is 0 Å². The lowest BCUT2D eigenvalue weighted by atomic mass is 9.59. The van der Waals surface area contributed by atoms with Crippen molar-refractivity contribution in [3.05, 3.63) is 116 Å². The van der Waals surface area contributed by atoms with E-state index in [-0.39, 0.29) is 18.2 Å². The van der Waals surface area contributed by atoms with Crippen LogP contribution in [0.5, 0.6) is 17.2 Å². The Bertz CT molecular complexity index is 1650. The van der Waals surface area contributed by atoms with Crippen LogP contribution in [0.2, 0.25) is 10.0 Å². The van der Waals surface area contributed by atoms with Crippen LogP contribution in [-0.4, -0.2) is 18.9 Å². The number of rotatable bonds is 5. The molecule has 0 bridgehead atoms. The summed E-state index contributed by atoms with van der Waals surface area (Å²) in [6.07, 6.45) is 0.0923. The molecule has 0 aromatic heterocycles. The Hall–Kier alpha value is -3.52. The third-order valence-electron chi connectivity index (χ3n) is 7.57. The molecule has 4 aromatic rings. The zero-order valence-corrected chi connectivity index (χ0v) is 24.3. The molecule has 4 aromatic carbocycles. The molecule has 0 aliphatic carbocycles. The topological polar surface area (TPSA) is 76.7 Å². The molecule has 2 aliphatic rings. The van der Waals surface area contributed by atoms with Gasteiger partial charge in [0.1, 0.15) is 22.7 Å². The molecule has 1 saturated heterocycles. The van der Waals surface area contributed by atoms with Crippen LogP contribution in [0.4, 0.5) is 5.69 Å². The van der Waals surface area contributed by atoms with Crippen LogP contribution < -0.4 is 20.1 Å². The number of carbonyl (C=O) groups is 2. The van der Waals surface area contributed by atoms with E-state index in [1.165, 1.54) is 0 Å². The average Bonchev–Trinajstić information content (AvgIpc) is 3.22. The first-order valence-corrected chi connectivity index (χ1v) is 14.1. The van der Waals surface area contributed by atoms with Crippen molar-refractivity contribution in [3.8, 4) is 17.2 Å². The molecule has 9 heteroatoms. The summed E-state index contributed by atoms with van der Waals surface area (Å²) < 4.78 is 12.4. The van der Waals surface area contributed by atoms with Crippen LogP contribution in [0.25, 0.3) is 0 Å². The summed E-state index contributed by atoms with van der Waals surface area (Å²) in [7, 11) is 1.60. The maximum absolute atomic E-state index is 14.3. The number of amides is 2. The number of halogens is 3. The molecule has 6 nitrogen and oxygen atoms in total. The van der Waals surface area contributed by atoms with Gasteiger partial charge >= 0.3 is 0 Å². The fourth-order valence-corrected chi connectivity index (χ4v) is 6.63. The first kappa shape index (κ1) is 26.7. The Morgan fingerprint density at radius 2 is 1.65 bits per heavy atom. The first-order valence-electron chi connectivity index (χ1n) is 12.6. The lowest BCUT2D eigenvalue weighted by Crippen LogP contribution is -2.56. The van der Waals surface area contributed by atoms with E-state index in [4.69, 9.17) is 32.7 Å². The monoisotopic (exact) mass is 636 g/mol. The number of hydrogen-bond donors (Lipinski definition) is 2. The summed E-state index contributed by atoms with van der Waals surface area (Å²) in [6.45, 7) is 0. The van der Waals surface area contributed by atoms with Crippen LogP contribution >= 0.6 is 39.1 Å². The van der Waals surface area contributed by atoms with Crippen molar-refractivity contribution in [2.75, 3.05) is 12.4 Å². The number of benzene rings is 4. The van der Waals surface area contributed by atoms with E-state index < -0.39 is 17.4 Å². The number of nitrogens with one attached hydrogen (secondary N) is 2. The molecule has 1 spiro atoms. The van der Waals surface area contributed by atoms with E-state index in [9.17, 15) is 9.59 Å². The van der Waals surface area contributed by atoms with Gasteiger partial charge in [-0.1, -0.05) is 57.3 Å². The summed E-state index contributed by atoms with van der Waals surface area (Å²) in [6, 6.07) is 24.7. The summed E-state index contributed by atoms with van der Waals surface area (Å²) in [5, 5.41) is 7.22. The molecule has 202 valence electrons. The Kier molecular flexibility index (Phi) is 6.98. The highest BCUT2D eigenvalue weighted by Gasteiger charge is 2.61. The van der Waals surface area contributed by atoms with Crippen molar-refractivity contribution < 1.29 is 19.1 Å². The quantitative estimate of drug-likeness (QED) is 0.234. The molecule has 0 radical (unpaired) electrons. The summed E-state index contributed by atoms with van der Waals surface area (Å²) in [5.41, 5.74) is 1.56. The lowest BCUT2D eigenvalue weighted by Gasteiger charge is -2.46. The summed E-state index contributed by atoms with van der Waals surface area (Å²) in [5.74, 6) is 0.820. The van der Waals surface area contributed by atoms with Gasteiger partial charge in [-0.25, -0.2) is 0 Å². The minimum absolute atomic E-state index is 0.0923. The SMILES string of the molecule is COc1ccc(Oc2ccc(Br)cc2[C@H]2NC(=O)C[C@@H](c3cccc(Cl)c3)C23C(=O)Nc2cc(Cl)ccc23)cc1. The molecule has 2 aliphatic heterocycles. The molecule has 6 rings (SSSR count). The third kappa shape index (κ3) is 4.52. The minimum Gasteiger partial charge on any atom is -0.497 e. The molecule has 3 atom stereocenters. The van der Waals surface area contributed by atoms with Crippen molar-refractivity contribution in [1.82, 2.24) is 5.32 Å². The molecule has 0 saturated carbocycles. The van der Waals surface area contributed by atoms with Crippen LogP contribution in [-0.2, 0) is 15.0 Å². The van der Waals surface area contributed by atoms with Gasteiger partial charge in [0.2, 0.25) is 11.8 Å². The number of carbonyl (C=O) groups excluding carboxylic acids is 2. The second kappa shape index (κ2) is 10.5. The fourth-order valence-electron chi connectivity index (χ4n) is 5.88. The minimum atomic E-state index is -1.22. The standard InChI is InChI=1S/C31H23BrCl2N2O4/c1-39-21-7-9-22(10-8-21)40-27-12-5-18(32)14-23(27)29-31(24-11-6-20(34)15-26(24)35-30(31)38)25(16-28(37)36-29)17-3-2-4-19(33)13-17/h2-15,25,29H,16H2,1H3,(H,35,38)(H,36,37)/t25-,29+,31?/m0/s1. The van der Waals surface area contributed by atoms with Gasteiger partial charge in [0.15, 0.2) is 0 Å². The van der Waals surface area contributed by atoms with Gasteiger partial charge in [-0.3, -0.25) is 9.59 Å². The predicted molar refractivity (Wildman–Crippen MR) is 159 cm³/mol. The van der Waals surface area contributed by atoms with E-state index >= 15 is 0 Å². The van der Waals surface area contributed by atoms with Crippen molar-refractivity contribution >= 4 is 56.6 Å². The number of methoxy groups -OCH3 is 1. The number of piperidine rings is 1. The van der Waals surface area contributed by atoms with Crippen LogP contribution in [0.1, 0.15) is 35.1 Å². The smallest absolute Gasteiger partial charge is 0.238 e. The Balaban J connectivity index is 1.58. The van der Waals surface area contributed by atoms with Crippen molar-refractivity contribution in [2.45, 2.75) is 23.8 Å². The Labute approximate surface area is 249 Å². The molecule has 2 heterocycles. The largest absolute Gasteiger partial charge is 0.497 e. The predicted octanol–water partition coefficient (Wildman–Crippen LogP) is 7.79. The summed E-state index contributed by atoms with van der Waals surface area (Å²) >= 11 is 16.3. The number of ether oxygens (including phenoxy) is 2. The van der Waals surface area contributed by atoms with Gasteiger partial charge in [0, 0.05) is 38.1 Å². The maximum atomic E-state index is 14.3. The van der Waals surface area contributed by atoms with Gasteiger partial charge in [0.25, 0.3) is 0 Å². The van der Waals surface area contributed by atoms with Gasteiger partial charge in [-0.2, -0.15) is 0 Å². The van der Waals surface area contributed by atoms with E-state index in [0.29, 0.717) is 38.5 Å². The van der Waals surface area contributed by atoms with Crippen molar-refractivity contribution in [2.24, 2.45) is 0 Å². The second-order valence-electron chi connectivity index (χ2n) is 9.79. The zero-order chi connectivity index (χ0) is 28.0. The van der Waals surface area contributed by atoms with Crippen LogP contribution in [0, 0.1) is 0 Å². The zero-order valence-electron chi connectivity index (χ0n) is 21.2. The van der Waals surface area contributed by atoms with E-state index in [0.717, 1.165) is 15.6 Å². The fraction of sp³-hybridized carbons (Fsp3) is 0.161. The highest BCUT2D eigenvalue weighted by Crippen LogP contribution is 2.58. The van der Waals surface area contributed by atoms with E-state index in [1.807, 2.05) is 42.5 Å². The Morgan fingerprint density at radius 1 is 0.900 bits per heavy atom. The molecule has 40 heavy (non-hydrogen) atoms. The van der Waals surface area contributed by atoms with Gasteiger partial charge in [-0.05, 0) is 77.9 Å². The van der Waals surface area contributed by atoms with Crippen LogP contribution in [0.3, 0.4) is 0 Å². The maximum Gasteiger partial charge on any atom is 0.238 e. The Morgan fingerprint density at radius 3 is 2.40 bits per heavy atom. The first-order chi connectivity index (χ1) is 19.3. The lowest BCUT2D eigenvalue weighted by molar-refractivity contribution is -0.131. The third-order valence-corrected chi connectivity index (χ3v) is 8.54. The van der Waals surface area contributed by atoms with Crippen molar-refractivity contribution in [3.63, 3.8) is 0 Å². The molecule has 1 fully saturated rings. The highest BCUT2D eigenvalue weighted by atomic mass is 79.9. The number of anilines is 1. The van der Waals surface area contributed by atoms with Gasteiger partial charge in [0.05, 0.1) is 13.2 Å². The normalized spacial score (nSPS) is 21.5. The highest BCUT2D eigenvalue weighted by molar-refractivity contribution is 9.10. The molecule has 2 N–H and O–H groups in total. The van der Waals surface area contributed by atoms with Crippen molar-refractivity contribution in [1.29, 1.82) is 0 Å². The van der Waals surface area contributed by atoms with Crippen LogP contribution in [0.15, 0.2) is 89.4 Å². The second-order valence-corrected chi connectivity index (χ2v) is 11.6. The molecule has 2 amide bonds. The number of fused-ring (bicyclic) bond motifs is 2. The molecular formula is C31H23BrCl2N2O4. The number of hydrogen-bond acceptors (Lipinski definition) is 4. The van der Waals surface area contributed by atoms with E-state index in [2.05, 4.69) is 26.6 Å². The molecule has 1 unspecified atom stereocenters. The van der Waals surface area contributed by atoms with Gasteiger partial charge < -0.3 is 20.1 Å². The molecular weight excluding hydrogens is 615 g/mol. The van der Waals surface area contributed by atoms with E-state index in [1.54, 1.807) is 49.6 Å². The summed E-state index contributed by atoms with van der Waals surface area (Å²) in [4.78, 5) is 27.7.